The Balaban J connectivity index is 0.00000363. The van der Waals surface area contributed by atoms with E-state index in [1.807, 2.05) is 42.5 Å². The predicted octanol–water partition coefficient (Wildman–Crippen LogP) is 3.91. The first-order valence-electron chi connectivity index (χ1n) is 10.8. The van der Waals surface area contributed by atoms with Crippen molar-refractivity contribution in [2.45, 2.75) is 61.7 Å². The molecule has 2 aromatic carbocycles. The van der Waals surface area contributed by atoms with Crippen LogP contribution in [0.15, 0.2) is 52.3 Å². The van der Waals surface area contributed by atoms with Crippen LogP contribution in [0.3, 0.4) is 0 Å². The molecular formula is C24H30NaO5PS. The summed E-state index contributed by atoms with van der Waals surface area (Å²) in [5.74, 6) is 0.905. The van der Waals surface area contributed by atoms with Crippen LogP contribution in [-0.2, 0) is 13.6 Å². The molecule has 0 spiro atoms. The van der Waals surface area contributed by atoms with Crippen molar-refractivity contribution in [3.8, 4) is 5.75 Å². The van der Waals surface area contributed by atoms with E-state index >= 15 is 0 Å². The van der Waals surface area contributed by atoms with Gasteiger partial charge in [-0.3, -0.25) is 4.57 Å². The van der Waals surface area contributed by atoms with Crippen molar-refractivity contribution in [1.29, 1.82) is 0 Å². The molecule has 1 unspecified atom stereocenters. The van der Waals surface area contributed by atoms with Crippen LogP contribution in [0.5, 0.6) is 5.75 Å². The maximum atomic E-state index is 12.6. The van der Waals surface area contributed by atoms with E-state index < -0.39 is 7.82 Å². The first-order valence-corrected chi connectivity index (χ1v) is 13.1. The number of benzene rings is 2. The Bertz CT molecular complexity index is 950. The number of hydrogen-bond donors (Lipinski definition) is 0. The number of phosphoric ester groups is 1. The average Bonchev–Trinajstić information content (AvgIpc) is 2.91. The minimum absolute atomic E-state index is 0. The van der Waals surface area contributed by atoms with E-state index in [1.165, 1.54) is 37.4 Å². The summed E-state index contributed by atoms with van der Waals surface area (Å²) in [4.78, 5) is 14.4. The summed E-state index contributed by atoms with van der Waals surface area (Å²) in [7, 11) is -2.91. The molecule has 168 valence electrons. The van der Waals surface area contributed by atoms with Crippen molar-refractivity contribution in [2.75, 3.05) is 13.7 Å². The number of hydrogen-bond acceptors (Lipinski definition) is 6. The Morgan fingerprint density at radius 2 is 1.69 bits per heavy atom. The first-order chi connectivity index (χ1) is 15.0. The van der Waals surface area contributed by atoms with Gasteiger partial charge in [0.05, 0.1) is 18.6 Å². The van der Waals surface area contributed by atoms with Crippen LogP contribution in [0.1, 0.15) is 63.0 Å². The number of rotatable bonds is 12. The van der Waals surface area contributed by atoms with E-state index in [1.54, 1.807) is 13.2 Å². The van der Waals surface area contributed by atoms with Gasteiger partial charge in [-0.25, -0.2) is 0 Å². The summed E-state index contributed by atoms with van der Waals surface area (Å²) in [6.45, 7) is 2.33. The zero-order valence-corrected chi connectivity index (χ0v) is 22.9. The smallest absolute Gasteiger partial charge is 0.746 e. The molecule has 8 heteroatoms. The Hall–Kier alpha value is -0.720. The standard InChI is InChI=1S/C24H31O5PS.Na/c1-3-4-5-6-7-8-11-17-28-30(25,26)29-22-18-19-13-9-10-16-23(19)31-24-20(22)14-12-15-21(24)27-2;/h9-10,12-16,18H,3-8,11,17H2,1-2H3,(H,25,26);/q;+1/p-1. The number of methoxy groups -OCH3 is 1. The van der Waals surface area contributed by atoms with Gasteiger partial charge in [0.25, 0.3) is 0 Å². The van der Waals surface area contributed by atoms with E-state index in [9.17, 15) is 9.46 Å². The number of unbranched alkanes of at least 4 members (excludes halogenated alkanes) is 6. The Kier molecular flexibility index (Phi) is 11.9. The zero-order chi connectivity index (χ0) is 22.1. The van der Waals surface area contributed by atoms with E-state index in [2.05, 4.69) is 6.92 Å². The van der Waals surface area contributed by atoms with Gasteiger partial charge in [0.15, 0.2) is 0 Å². The fraction of sp³-hybridized carbons (Fsp3) is 0.417. The summed E-state index contributed by atoms with van der Waals surface area (Å²) in [6.07, 6.45) is 9.38. The molecule has 0 aliphatic carbocycles. The minimum atomic E-state index is -4.51. The molecule has 2 aromatic rings. The maximum absolute atomic E-state index is 12.6. The SMILES string of the molecule is CCCCCCCCCOP(=O)([O-])OC1=Cc2ccccc2Sc2c(OC)cccc21.[Na+]. The third kappa shape index (κ3) is 7.95. The maximum Gasteiger partial charge on any atom is 1.00 e. The Morgan fingerprint density at radius 3 is 2.44 bits per heavy atom. The fourth-order valence-corrected chi connectivity index (χ4v) is 5.39. The topological polar surface area (TPSA) is 67.8 Å². The van der Waals surface area contributed by atoms with Gasteiger partial charge in [0.2, 0.25) is 0 Å². The molecule has 1 atom stereocenters. The number of fused-ring (bicyclic) bond motifs is 2. The summed E-state index contributed by atoms with van der Waals surface area (Å²) >= 11 is 1.53. The average molecular weight is 485 g/mol. The molecule has 5 nitrogen and oxygen atoms in total. The molecule has 0 saturated carbocycles. The van der Waals surface area contributed by atoms with Crippen LogP contribution in [0.2, 0.25) is 0 Å². The molecule has 0 bridgehead atoms. The molecule has 0 N–H and O–H groups in total. The summed E-state index contributed by atoms with van der Waals surface area (Å²) in [5, 5.41) is 0. The summed E-state index contributed by atoms with van der Waals surface area (Å²) in [6, 6.07) is 13.3. The van der Waals surface area contributed by atoms with Gasteiger partial charge >= 0.3 is 37.4 Å². The fourth-order valence-electron chi connectivity index (χ4n) is 3.46. The Labute approximate surface area is 217 Å². The zero-order valence-electron chi connectivity index (χ0n) is 19.2. The Morgan fingerprint density at radius 1 is 0.969 bits per heavy atom. The van der Waals surface area contributed by atoms with E-state index in [-0.39, 0.29) is 41.9 Å². The van der Waals surface area contributed by atoms with Gasteiger partial charge in [-0.2, -0.15) is 0 Å². The first kappa shape index (κ1) is 27.5. The number of phosphoric acid groups is 1. The summed E-state index contributed by atoms with van der Waals surface area (Å²) < 4.78 is 28.7. The molecule has 32 heavy (non-hydrogen) atoms. The van der Waals surface area contributed by atoms with Gasteiger partial charge < -0.3 is 18.7 Å². The minimum Gasteiger partial charge on any atom is -0.746 e. The van der Waals surface area contributed by atoms with Crippen LogP contribution in [0.25, 0.3) is 11.8 Å². The molecular weight excluding hydrogens is 454 g/mol. The van der Waals surface area contributed by atoms with Crippen molar-refractivity contribution in [1.82, 2.24) is 0 Å². The van der Waals surface area contributed by atoms with Crippen LogP contribution in [-0.4, -0.2) is 13.7 Å². The van der Waals surface area contributed by atoms with Gasteiger partial charge in [0.1, 0.15) is 11.5 Å². The molecule has 0 aromatic heterocycles. The van der Waals surface area contributed by atoms with E-state index in [0.29, 0.717) is 17.7 Å². The second kappa shape index (κ2) is 13.9. The molecule has 0 fully saturated rings. The molecule has 0 radical (unpaired) electrons. The van der Waals surface area contributed by atoms with Crippen molar-refractivity contribution < 1.29 is 52.8 Å². The van der Waals surface area contributed by atoms with Gasteiger partial charge in [-0.05, 0) is 36.3 Å². The molecule has 3 rings (SSSR count). The molecule has 0 saturated heterocycles. The van der Waals surface area contributed by atoms with Crippen LogP contribution < -0.4 is 39.2 Å². The van der Waals surface area contributed by atoms with E-state index in [4.69, 9.17) is 13.8 Å². The van der Waals surface area contributed by atoms with Crippen molar-refractivity contribution >= 4 is 31.4 Å². The van der Waals surface area contributed by atoms with Crippen molar-refractivity contribution in [2.24, 2.45) is 0 Å². The molecule has 1 aliphatic rings. The van der Waals surface area contributed by atoms with Crippen molar-refractivity contribution in [3.63, 3.8) is 0 Å². The van der Waals surface area contributed by atoms with Crippen molar-refractivity contribution in [3.05, 3.63) is 53.6 Å². The van der Waals surface area contributed by atoms with E-state index in [0.717, 1.165) is 28.2 Å². The van der Waals surface area contributed by atoms with Gasteiger partial charge in [0, 0.05) is 10.5 Å². The third-order valence-electron chi connectivity index (χ3n) is 5.09. The molecule has 1 aliphatic heterocycles. The van der Waals surface area contributed by atoms with Gasteiger partial charge in [-0.1, -0.05) is 81.5 Å². The quantitative estimate of drug-likeness (QED) is 0.259. The second-order valence-electron chi connectivity index (χ2n) is 7.48. The second-order valence-corrected chi connectivity index (χ2v) is 9.87. The van der Waals surface area contributed by atoms with Gasteiger partial charge in [-0.15, -0.1) is 0 Å². The molecule has 0 amide bonds. The normalized spacial score (nSPS) is 14.2. The third-order valence-corrected chi connectivity index (χ3v) is 7.23. The monoisotopic (exact) mass is 484 g/mol. The van der Waals surface area contributed by atoms with Crippen LogP contribution in [0.4, 0.5) is 0 Å². The predicted molar refractivity (Wildman–Crippen MR) is 124 cm³/mol. The number of ether oxygens (including phenoxy) is 1. The summed E-state index contributed by atoms with van der Waals surface area (Å²) in [5.41, 5.74) is 1.55. The van der Waals surface area contributed by atoms with Crippen LogP contribution in [0, 0.1) is 0 Å². The molecule has 1 heterocycles. The van der Waals surface area contributed by atoms with Crippen LogP contribution >= 0.6 is 19.6 Å². The largest absolute Gasteiger partial charge is 1.00 e.